The predicted octanol–water partition coefficient (Wildman–Crippen LogP) is 0.623. The highest BCUT2D eigenvalue weighted by atomic mass is 32.2. The first-order valence-electron chi connectivity index (χ1n) is 3.84. The second kappa shape index (κ2) is 4.81. The number of carbonyl (C=O) groups is 1. The van der Waals surface area contributed by atoms with Crippen molar-refractivity contribution in [2.45, 2.75) is 12.1 Å². The van der Waals surface area contributed by atoms with E-state index in [0.29, 0.717) is 10.9 Å². The van der Waals surface area contributed by atoms with Gasteiger partial charge in [-0.2, -0.15) is 0 Å². The Kier molecular flexibility index (Phi) is 3.70. The molecular weight excluding hydrogens is 186 g/mol. The van der Waals surface area contributed by atoms with E-state index in [0.717, 1.165) is 5.56 Å². The third kappa shape index (κ3) is 3.42. The van der Waals surface area contributed by atoms with Crippen molar-refractivity contribution >= 4 is 17.7 Å². The van der Waals surface area contributed by atoms with Gasteiger partial charge in [-0.3, -0.25) is 4.79 Å². The van der Waals surface area contributed by atoms with E-state index >= 15 is 0 Å². The van der Waals surface area contributed by atoms with Crippen molar-refractivity contribution in [3.05, 3.63) is 18.0 Å². The highest BCUT2D eigenvalue weighted by Crippen LogP contribution is 2.10. The first kappa shape index (κ1) is 9.98. The van der Waals surface area contributed by atoms with Gasteiger partial charge in [0.15, 0.2) is 5.16 Å². The lowest BCUT2D eigenvalue weighted by molar-refractivity contribution is -0.118. The summed E-state index contributed by atoms with van der Waals surface area (Å²) >= 11 is 1.33. The van der Waals surface area contributed by atoms with E-state index in [1.54, 1.807) is 19.4 Å². The van der Waals surface area contributed by atoms with Crippen molar-refractivity contribution < 1.29 is 4.79 Å². The lowest BCUT2D eigenvalue weighted by Gasteiger charge is -1.98. The molecule has 0 saturated heterocycles. The molecule has 0 unspecified atom stereocenters. The zero-order chi connectivity index (χ0) is 9.68. The summed E-state index contributed by atoms with van der Waals surface area (Å²) in [5, 5.41) is 3.16. The van der Waals surface area contributed by atoms with Crippen LogP contribution in [0.2, 0.25) is 0 Å². The molecule has 0 radical (unpaired) electrons. The quantitative estimate of drug-likeness (QED) is 0.570. The van der Waals surface area contributed by atoms with Crippen LogP contribution in [0.5, 0.6) is 0 Å². The smallest absolute Gasteiger partial charge is 0.230 e. The Morgan fingerprint density at radius 1 is 1.54 bits per heavy atom. The molecule has 1 amide bonds. The highest BCUT2D eigenvalue weighted by Gasteiger charge is 2.01. The Morgan fingerprint density at radius 2 is 2.15 bits per heavy atom. The maximum absolute atomic E-state index is 10.9. The van der Waals surface area contributed by atoms with Gasteiger partial charge in [-0.05, 0) is 12.5 Å². The lowest BCUT2D eigenvalue weighted by atomic mass is 10.4. The second-order valence-corrected chi connectivity index (χ2v) is 3.45. The Labute approximate surface area is 81.2 Å². The molecule has 13 heavy (non-hydrogen) atoms. The van der Waals surface area contributed by atoms with E-state index in [1.165, 1.54) is 11.8 Å². The number of aromatic nitrogens is 2. The van der Waals surface area contributed by atoms with Crippen molar-refractivity contribution in [2.75, 3.05) is 12.8 Å². The van der Waals surface area contributed by atoms with Gasteiger partial charge in [-0.1, -0.05) is 11.8 Å². The molecular formula is C8H11N3OS. The van der Waals surface area contributed by atoms with E-state index < -0.39 is 0 Å². The third-order valence-electron chi connectivity index (χ3n) is 1.37. The summed E-state index contributed by atoms with van der Waals surface area (Å²) in [4.78, 5) is 19.0. The van der Waals surface area contributed by atoms with Crippen molar-refractivity contribution in [1.29, 1.82) is 0 Å². The van der Waals surface area contributed by atoms with Gasteiger partial charge in [-0.15, -0.1) is 0 Å². The summed E-state index contributed by atoms with van der Waals surface area (Å²) in [6, 6.07) is 0. The fourth-order valence-corrected chi connectivity index (χ4v) is 1.32. The monoisotopic (exact) mass is 197 g/mol. The molecule has 1 aromatic rings. The summed E-state index contributed by atoms with van der Waals surface area (Å²) in [6.45, 7) is 1.92. The van der Waals surface area contributed by atoms with E-state index in [9.17, 15) is 4.79 Å². The number of rotatable bonds is 3. The zero-order valence-electron chi connectivity index (χ0n) is 7.57. The number of amides is 1. The fraction of sp³-hybridized carbons (Fsp3) is 0.375. The number of nitrogens with one attached hydrogen (secondary N) is 1. The second-order valence-electron chi connectivity index (χ2n) is 2.50. The normalized spacial score (nSPS) is 9.69. The van der Waals surface area contributed by atoms with Crippen LogP contribution in [0.3, 0.4) is 0 Å². The van der Waals surface area contributed by atoms with Gasteiger partial charge < -0.3 is 5.32 Å². The minimum Gasteiger partial charge on any atom is -0.358 e. The predicted molar refractivity (Wildman–Crippen MR) is 51.6 cm³/mol. The van der Waals surface area contributed by atoms with Crippen LogP contribution in [-0.4, -0.2) is 28.7 Å². The summed E-state index contributed by atoms with van der Waals surface area (Å²) < 4.78 is 0. The van der Waals surface area contributed by atoms with Crippen molar-refractivity contribution in [2.24, 2.45) is 0 Å². The number of carbonyl (C=O) groups excluding carboxylic acids is 1. The van der Waals surface area contributed by atoms with Gasteiger partial charge in [0, 0.05) is 19.4 Å². The van der Waals surface area contributed by atoms with Crippen LogP contribution in [0.15, 0.2) is 17.6 Å². The SMILES string of the molecule is CNC(=O)CSc1ncc(C)cn1. The van der Waals surface area contributed by atoms with Crippen LogP contribution >= 0.6 is 11.8 Å². The van der Waals surface area contributed by atoms with Crippen LogP contribution in [0.25, 0.3) is 0 Å². The van der Waals surface area contributed by atoms with Gasteiger partial charge in [0.05, 0.1) is 5.75 Å². The lowest BCUT2D eigenvalue weighted by Crippen LogP contribution is -2.19. The molecule has 0 aliphatic heterocycles. The van der Waals surface area contributed by atoms with Crippen molar-refractivity contribution in [1.82, 2.24) is 15.3 Å². The molecule has 1 aromatic heterocycles. The minimum atomic E-state index is -0.0193. The summed E-state index contributed by atoms with van der Waals surface area (Å²) in [5.41, 5.74) is 1.02. The fourth-order valence-electron chi connectivity index (χ4n) is 0.658. The standard InChI is InChI=1S/C8H11N3OS/c1-6-3-10-8(11-4-6)13-5-7(12)9-2/h3-4H,5H2,1-2H3,(H,9,12). The number of aryl methyl sites for hydroxylation is 1. The Bertz CT molecular complexity index is 286. The molecule has 0 atom stereocenters. The van der Waals surface area contributed by atoms with E-state index in [-0.39, 0.29) is 5.91 Å². The maximum Gasteiger partial charge on any atom is 0.230 e. The Hall–Kier alpha value is -1.10. The molecule has 0 bridgehead atoms. The van der Waals surface area contributed by atoms with Crippen LogP contribution in [0, 0.1) is 6.92 Å². The van der Waals surface area contributed by atoms with Gasteiger partial charge in [0.1, 0.15) is 0 Å². The molecule has 0 aromatic carbocycles. The average Bonchev–Trinajstić information content (AvgIpc) is 2.16. The number of hydrogen-bond donors (Lipinski definition) is 1. The first-order chi connectivity index (χ1) is 6.22. The van der Waals surface area contributed by atoms with Gasteiger partial charge in [0.25, 0.3) is 0 Å². The highest BCUT2D eigenvalue weighted by molar-refractivity contribution is 7.99. The Balaban J connectivity index is 2.46. The molecule has 1 rings (SSSR count). The average molecular weight is 197 g/mol. The molecule has 0 fully saturated rings. The zero-order valence-corrected chi connectivity index (χ0v) is 8.39. The molecule has 0 aliphatic carbocycles. The molecule has 5 heteroatoms. The molecule has 0 saturated carbocycles. The topological polar surface area (TPSA) is 54.9 Å². The summed E-state index contributed by atoms with van der Waals surface area (Å²) in [6.07, 6.45) is 3.47. The molecule has 1 heterocycles. The van der Waals surface area contributed by atoms with E-state index in [1.807, 2.05) is 6.92 Å². The first-order valence-corrected chi connectivity index (χ1v) is 4.83. The maximum atomic E-state index is 10.9. The summed E-state index contributed by atoms with van der Waals surface area (Å²) in [5.74, 6) is 0.341. The van der Waals surface area contributed by atoms with Crippen LogP contribution in [0.1, 0.15) is 5.56 Å². The summed E-state index contributed by atoms with van der Waals surface area (Å²) in [7, 11) is 1.61. The third-order valence-corrected chi connectivity index (χ3v) is 2.24. The van der Waals surface area contributed by atoms with Gasteiger partial charge >= 0.3 is 0 Å². The Morgan fingerprint density at radius 3 is 2.69 bits per heavy atom. The van der Waals surface area contributed by atoms with Gasteiger partial charge in [-0.25, -0.2) is 9.97 Å². The van der Waals surface area contributed by atoms with E-state index in [4.69, 9.17) is 0 Å². The van der Waals surface area contributed by atoms with Crippen LogP contribution < -0.4 is 5.32 Å². The van der Waals surface area contributed by atoms with Crippen molar-refractivity contribution in [3.63, 3.8) is 0 Å². The van der Waals surface area contributed by atoms with Gasteiger partial charge in [0.2, 0.25) is 5.91 Å². The molecule has 0 aliphatic rings. The van der Waals surface area contributed by atoms with E-state index in [2.05, 4.69) is 15.3 Å². The molecule has 0 spiro atoms. The molecule has 4 nitrogen and oxygen atoms in total. The molecule has 1 N–H and O–H groups in total. The number of hydrogen-bond acceptors (Lipinski definition) is 4. The van der Waals surface area contributed by atoms with Crippen LogP contribution in [0.4, 0.5) is 0 Å². The largest absolute Gasteiger partial charge is 0.358 e. The van der Waals surface area contributed by atoms with Crippen LogP contribution in [-0.2, 0) is 4.79 Å². The number of thioether (sulfide) groups is 1. The minimum absolute atomic E-state index is 0.0193. The number of nitrogens with zero attached hydrogens (tertiary/aromatic N) is 2. The van der Waals surface area contributed by atoms with Crippen molar-refractivity contribution in [3.8, 4) is 0 Å². The molecule has 70 valence electrons.